The van der Waals surface area contributed by atoms with Gasteiger partial charge in [0.2, 0.25) is 0 Å². The monoisotopic (exact) mass is 377 g/mol. The van der Waals surface area contributed by atoms with Gasteiger partial charge in [0.05, 0.1) is 13.2 Å². The van der Waals surface area contributed by atoms with Crippen LogP contribution in [0.5, 0.6) is 5.75 Å². The summed E-state index contributed by atoms with van der Waals surface area (Å²) in [5.41, 5.74) is 0.687. The number of hydrogen-bond donors (Lipinski definition) is 3. The fourth-order valence-electron chi connectivity index (χ4n) is 3.11. The molecule has 1 aliphatic carbocycles. The summed E-state index contributed by atoms with van der Waals surface area (Å²) < 4.78 is 5.71. The number of aliphatic carboxylic acids is 1. The van der Waals surface area contributed by atoms with Crippen LogP contribution in [0.15, 0.2) is 24.3 Å². The number of likely N-dealkylation sites (N-methyl/N-ethyl adjacent to an activating group) is 1. The van der Waals surface area contributed by atoms with Crippen LogP contribution in [0.4, 0.5) is 10.5 Å². The van der Waals surface area contributed by atoms with E-state index in [0.717, 1.165) is 25.0 Å². The molecule has 1 saturated carbocycles. The van der Waals surface area contributed by atoms with E-state index < -0.39 is 5.97 Å². The summed E-state index contributed by atoms with van der Waals surface area (Å²) in [6.07, 6.45) is 2.53. The van der Waals surface area contributed by atoms with Crippen LogP contribution < -0.4 is 15.4 Å². The number of nitrogens with one attached hydrogen (secondary N) is 2. The van der Waals surface area contributed by atoms with Gasteiger partial charge in [0.15, 0.2) is 0 Å². The van der Waals surface area contributed by atoms with Crippen molar-refractivity contribution in [1.29, 1.82) is 0 Å². The zero-order valence-electron chi connectivity index (χ0n) is 16.4. The zero-order chi connectivity index (χ0) is 19.8. The number of anilines is 1. The largest absolute Gasteiger partial charge is 0.494 e. The van der Waals surface area contributed by atoms with Crippen LogP contribution in [0.3, 0.4) is 0 Å². The molecule has 27 heavy (non-hydrogen) atoms. The van der Waals surface area contributed by atoms with Gasteiger partial charge >= 0.3 is 12.0 Å². The lowest BCUT2D eigenvalue weighted by molar-refractivity contribution is -0.139. The summed E-state index contributed by atoms with van der Waals surface area (Å²) in [5.74, 6) is 0.508. The molecule has 0 radical (unpaired) electrons. The van der Waals surface area contributed by atoms with Crippen LogP contribution in [-0.2, 0) is 4.79 Å². The number of carbonyl (C=O) groups excluding carboxylic acids is 1. The molecule has 0 heterocycles. The summed E-state index contributed by atoms with van der Waals surface area (Å²) in [6, 6.07) is 7.41. The van der Waals surface area contributed by atoms with Crippen molar-refractivity contribution in [3.8, 4) is 5.75 Å². The Labute approximate surface area is 161 Å². The Morgan fingerprint density at radius 2 is 2.07 bits per heavy atom. The van der Waals surface area contributed by atoms with E-state index in [4.69, 9.17) is 9.84 Å². The minimum absolute atomic E-state index is 0.0453. The lowest BCUT2D eigenvalue weighted by atomic mass is 9.85. The molecule has 0 aromatic heterocycles. The molecule has 1 aromatic carbocycles. The summed E-state index contributed by atoms with van der Waals surface area (Å²) in [6.45, 7) is 7.65. The number of carbonyl (C=O) groups is 2. The van der Waals surface area contributed by atoms with Gasteiger partial charge in [0, 0.05) is 23.8 Å². The number of urea groups is 1. The van der Waals surface area contributed by atoms with Crippen molar-refractivity contribution in [2.45, 2.75) is 52.1 Å². The number of benzene rings is 1. The Balaban J connectivity index is 1.74. The average molecular weight is 377 g/mol. The third-order valence-electron chi connectivity index (χ3n) is 4.77. The van der Waals surface area contributed by atoms with Crippen LogP contribution in [0, 0.1) is 5.92 Å². The van der Waals surface area contributed by atoms with Crippen molar-refractivity contribution in [2.75, 3.05) is 25.0 Å². The number of nitrogens with zero attached hydrogens (tertiary/aromatic N) is 1. The molecule has 2 rings (SSSR count). The van der Waals surface area contributed by atoms with Crippen molar-refractivity contribution in [3.05, 3.63) is 24.3 Å². The minimum Gasteiger partial charge on any atom is -0.494 e. The highest BCUT2D eigenvalue weighted by molar-refractivity contribution is 5.89. The lowest BCUT2D eigenvalue weighted by Crippen LogP contribution is -2.55. The van der Waals surface area contributed by atoms with Crippen LogP contribution in [0.2, 0.25) is 0 Å². The average Bonchev–Trinajstić information content (AvgIpc) is 2.56. The maximum absolute atomic E-state index is 12.2. The highest BCUT2D eigenvalue weighted by Gasteiger charge is 2.34. The molecule has 1 aliphatic rings. The lowest BCUT2D eigenvalue weighted by Gasteiger charge is -2.42. The fraction of sp³-hybridized carbons (Fsp3) is 0.600. The Kier molecular flexibility index (Phi) is 7.91. The summed E-state index contributed by atoms with van der Waals surface area (Å²) in [7, 11) is 0. The van der Waals surface area contributed by atoms with Gasteiger partial charge in [-0.2, -0.15) is 0 Å². The van der Waals surface area contributed by atoms with Gasteiger partial charge in [0.1, 0.15) is 5.75 Å². The van der Waals surface area contributed by atoms with Gasteiger partial charge in [-0.15, -0.1) is 0 Å². The van der Waals surface area contributed by atoms with E-state index in [1.54, 1.807) is 0 Å². The second-order valence-electron chi connectivity index (χ2n) is 7.44. The topological polar surface area (TPSA) is 90.9 Å². The summed E-state index contributed by atoms with van der Waals surface area (Å²) in [5, 5.41) is 14.7. The SMILES string of the molecule is CCN(CC(=O)O)C1CC(NC(=O)Nc2cccc(OCCC(C)C)c2)C1. The first kappa shape index (κ1) is 21.0. The Bertz CT molecular complexity index is 629. The smallest absolute Gasteiger partial charge is 0.319 e. The number of amides is 2. The summed E-state index contributed by atoms with van der Waals surface area (Å²) in [4.78, 5) is 25.0. The van der Waals surface area contributed by atoms with Crippen molar-refractivity contribution in [2.24, 2.45) is 5.92 Å². The minimum atomic E-state index is -0.818. The normalized spacial score (nSPS) is 18.9. The number of hydrogen-bond acceptors (Lipinski definition) is 4. The first-order chi connectivity index (χ1) is 12.9. The third kappa shape index (κ3) is 7.09. The molecule has 0 saturated heterocycles. The quantitative estimate of drug-likeness (QED) is 0.583. The number of ether oxygens (including phenoxy) is 1. The van der Waals surface area contributed by atoms with Crippen molar-refractivity contribution in [3.63, 3.8) is 0 Å². The van der Waals surface area contributed by atoms with E-state index in [1.807, 2.05) is 36.1 Å². The van der Waals surface area contributed by atoms with Gasteiger partial charge in [-0.05, 0) is 43.9 Å². The van der Waals surface area contributed by atoms with Crippen LogP contribution in [0.1, 0.15) is 40.0 Å². The molecule has 1 aromatic rings. The Morgan fingerprint density at radius 1 is 1.33 bits per heavy atom. The van der Waals surface area contributed by atoms with E-state index in [9.17, 15) is 9.59 Å². The predicted octanol–water partition coefficient (Wildman–Crippen LogP) is 3.17. The molecule has 0 atom stereocenters. The van der Waals surface area contributed by atoms with Crippen LogP contribution >= 0.6 is 0 Å². The van der Waals surface area contributed by atoms with E-state index in [1.165, 1.54) is 0 Å². The van der Waals surface area contributed by atoms with Crippen molar-refractivity contribution < 1.29 is 19.4 Å². The standard InChI is InChI=1S/C20H31N3O4/c1-4-23(13-19(24)25)17-10-16(11-17)22-20(26)21-15-6-5-7-18(12-15)27-9-8-14(2)3/h5-7,12,14,16-17H,4,8-11,13H2,1-3H3,(H,24,25)(H2,21,22,26). The molecule has 3 N–H and O–H groups in total. The maximum Gasteiger partial charge on any atom is 0.319 e. The highest BCUT2D eigenvalue weighted by atomic mass is 16.5. The predicted molar refractivity (Wildman–Crippen MR) is 105 cm³/mol. The van der Waals surface area contributed by atoms with Crippen molar-refractivity contribution in [1.82, 2.24) is 10.2 Å². The van der Waals surface area contributed by atoms with Gasteiger partial charge in [-0.1, -0.05) is 26.8 Å². The first-order valence-electron chi connectivity index (χ1n) is 9.63. The molecule has 1 fully saturated rings. The molecular formula is C20H31N3O4. The summed E-state index contributed by atoms with van der Waals surface area (Å²) >= 11 is 0. The molecule has 0 spiro atoms. The number of carboxylic acids is 1. The molecule has 0 bridgehead atoms. The van der Waals surface area contributed by atoms with E-state index in [0.29, 0.717) is 24.8 Å². The first-order valence-corrected chi connectivity index (χ1v) is 9.63. The van der Waals surface area contributed by atoms with Crippen LogP contribution in [0.25, 0.3) is 0 Å². The molecule has 2 amide bonds. The Hall–Kier alpha value is -2.28. The molecule has 0 aliphatic heterocycles. The van der Waals surface area contributed by atoms with Gasteiger partial charge in [-0.25, -0.2) is 4.79 Å². The second-order valence-corrected chi connectivity index (χ2v) is 7.44. The van der Waals surface area contributed by atoms with Gasteiger partial charge in [-0.3, -0.25) is 9.69 Å². The molecular weight excluding hydrogens is 346 g/mol. The van der Waals surface area contributed by atoms with Crippen molar-refractivity contribution >= 4 is 17.7 Å². The zero-order valence-corrected chi connectivity index (χ0v) is 16.4. The Morgan fingerprint density at radius 3 is 2.70 bits per heavy atom. The fourth-order valence-corrected chi connectivity index (χ4v) is 3.11. The van der Waals surface area contributed by atoms with Crippen LogP contribution in [-0.4, -0.2) is 53.8 Å². The second kappa shape index (κ2) is 10.2. The van der Waals surface area contributed by atoms with E-state index >= 15 is 0 Å². The molecule has 0 unspecified atom stereocenters. The maximum atomic E-state index is 12.2. The highest BCUT2D eigenvalue weighted by Crippen LogP contribution is 2.26. The third-order valence-corrected chi connectivity index (χ3v) is 4.77. The molecule has 7 nitrogen and oxygen atoms in total. The number of rotatable bonds is 10. The van der Waals surface area contributed by atoms with E-state index in [2.05, 4.69) is 24.5 Å². The molecule has 7 heteroatoms. The van der Waals surface area contributed by atoms with Gasteiger partial charge < -0.3 is 20.5 Å². The molecule has 150 valence electrons. The number of carboxylic acid groups (broad SMARTS) is 1. The van der Waals surface area contributed by atoms with Gasteiger partial charge in [0.25, 0.3) is 0 Å². The van der Waals surface area contributed by atoms with E-state index in [-0.39, 0.29) is 24.7 Å².